The van der Waals surface area contributed by atoms with Crippen LogP contribution in [0.15, 0.2) is 30.6 Å². The Bertz CT molecular complexity index is 514. The first-order chi connectivity index (χ1) is 8.74. The standard InChI is InChI=1S/C15H21N3/c1-4-18-8-7-17-15(18)10-14-9-13(11-16-3)6-5-12(14)2/h5-9,16H,4,10-11H2,1-3H3. The van der Waals surface area contributed by atoms with Crippen molar-refractivity contribution in [2.24, 2.45) is 0 Å². The number of rotatable bonds is 5. The van der Waals surface area contributed by atoms with Crippen LogP contribution < -0.4 is 5.32 Å². The summed E-state index contributed by atoms with van der Waals surface area (Å²) in [6.07, 6.45) is 4.83. The maximum atomic E-state index is 4.45. The van der Waals surface area contributed by atoms with Gasteiger partial charge in [-0.15, -0.1) is 0 Å². The molecule has 0 radical (unpaired) electrons. The third kappa shape index (κ3) is 2.79. The van der Waals surface area contributed by atoms with Gasteiger partial charge < -0.3 is 9.88 Å². The zero-order valence-electron chi connectivity index (χ0n) is 11.4. The fourth-order valence-electron chi connectivity index (χ4n) is 2.19. The van der Waals surface area contributed by atoms with Crippen LogP contribution in [0, 0.1) is 6.92 Å². The molecule has 0 aliphatic heterocycles. The van der Waals surface area contributed by atoms with Crippen LogP contribution in [0.2, 0.25) is 0 Å². The highest BCUT2D eigenvalue weighted by Crippen LogP contribution is 2.15. The highest BCUT2D eigenvalue weighted by molar-refractivity contribution is 5.33. The first kappa shape index (κ1) is 12.8. The van der Waals surface area contributed by atoms with Crippen LogP contribution in [0.1, 0.15) is 29.4 Å². The summed E-state index contributed by atoms with van der Waals surface area (Å²) in [5, 5.41) is 3.19. The van der Waals surface area contributed by atoms with E-state index in [1.807, 2.05) is 19.4 Å². The number of imidazole rings is 1. The van der Waals surface area contributed by atoms with Crippen molar-refractivity contribution in [3.05, 3.63) is 53.1 Å². The molecule has 18 heavy (non-hydrogen) atoms. The second-order valence-electron chi connectivity index (χ2n) is 4.60. The molecule has 1 aromatic carbocycles. The normalized spacial score (nSPS) is 10.8. The van der Waals surface area contributed by atoms with Gasteiger partial charge in [-0.1, -0.05) is 18.2 Å². The van der Waals surface area contributed by atoms with Crippen LogP contribution in [0.5, 0.6) is 0 Å². The van der Waals surface area contributed by atoms with E-state index < -0.39 is 0 Å². The van der Waals surface area contributed by atoms with Crippen molar-refractivity contribution in [2.45, 2.75) is 33.4 Å². The Morgan fingerprint density at radius 2 is 2.17 bits per heavy atom. The van der Waals surface area contributed by atoms with Gasteiger partial charge >= 0.3 is 0 Å². The van der Waals surface area contributed by atoms with Crippen LogP contribution in [0.4, 0.5) is 0 Å². The molecule has 0 amide bonds. The van der Waals surface area contributed by atoms with Gasteiger partial charge in [0.1, 0.15) is 5.82 Å². The average Bonchev–Trinajstić information content (AvgIpc) is 2.81. The van der Waals surface area contributed by atoms with Crippen LogP contribution in [0.25, 0.3) is 0 Å². The second-order valence-corrected chi connectivity index (χ2v) is 4.60. The van der Waals surface area contributed by atoms with Crippen LogP contribution in [-0.2, 0) is 19.5 Å². The van der Waals surface area contributed by atoms with Crippen molar-refractivity contribution in [3.63, 3.8) is 0 Å². The average molecular weight is 243 g/mol. The molecule has 2 rings (SSSR count). The van der Waals surface area contributed by atoms with Crippen molar-refractivity contribution >= 4 is 0 Å². The van der Waals surface area contributed by atoms with Gasteiger partial charge in [0.05, 0.1) is 0 Å². The van der Waals surface area contributed by atoms with E-state index in [0.717, 1.165) is 25.3 Å². The number of aromatic nitrogens is 2. The molecule has 0 spiro atoms. The number of hydrogen-bond donors (Lipinski definition) is 1. The van der Waals surface area contributed by atoms with Crippen molar-refractivity contribution in [1.82, 2.24) is 14.9 Å². The first-order valence-electron chi connectivity index (χ1n) is 6.47. The van der Waals surface area contributed by atoms with Gasteiger partial charge in [0, 0.05) is 31.9 Å². The summed E-state index contributed by atoms with van der Waals surface area (Å²) in [5.74, 6) is 1.14. The zero-order chi connectivity index (χ0) is 13.0. The number of nitrogens with one attached hydrogen (secondary N) is 1. The Labute approximate surface area is 109 Å². The number of benzene rings is 1. The topological polar surface area (TPSA) is 29.9 Å². The minimum Gasteiger partial charge on any atom is -0.335 e. The summed E-state index contributed by atoms with van der Waals surface area (Å²) < 4.78 is 2.20. The van der Waals surface area contributed by atoms with E-state index in [1.54, 1.807) is 0 Å². The summed E-state index contributed by atoms with van der Waals surface area (Å²) in [7, 11) is 1.98. The fourth-order valence-corrected chi connectivity index (χ4v) is 2.19. The number of nitrogens with zero attached hydrogens (tertiary/aromatic N) is 2. The molecule has 0 bridgehead atoms. The van der Waals surface area contributed by atoms with Crippen molar-refractivity contribution in [3.8, 4) is 0 Å². The van der Waals surface area contributed by atoms with Gasteiger partial charge in [-0.3, -0.25) is 0 Å². The van der Waals surface area contributed by atoms with E-state index in [4.69, 9.17) is 0 Å². The Morgan fingerprint density at radius 1 is 1.33 bits per heavy atom. The Hall–Kier alpha value is -1.61. The zero-order valence-corrected chi connectivity index (χ0v) is 11.4. The molecular formula is C15H21N3. The molecule has 0 fully saturated rings. The summed E-state index contributed by atoms with van der Waals surface area (Å²) in [4.78, 5) is 4.45. The van der Waals surface area contributed by atoms with Crippen molar-refractivity contribution in [2.75, 3.05) is 7.05 Å². The lowest BCUT2D eigenvalue weighted by atomic mass is 10.0. The van der Waals surface area contributed by atoms with E-state index in [2.05, 4.69) is 46.9 Å². The number of aryl methyl sites for hydroxylation is 2. The van der Waals surface area contributed by atoms with Crippen molar-refractivity contribution in [1.29, 1.82) is 0 Å². The Morgan fingerprint density at radius 3 is 2.89 bits per heavy atom. The largest absolute Gasteiger partial charge is 0.335 e. The molecule has 0 saturated heterocycles. The van der Waals surface area contributed by atoms with E-state index >= 15 is 0 Å². The number of hydrogen-bond acceptors (Lipinski definition) is 2. The monoisotopic (exact) mass is 243 g/mol. The van der Waals surface area contributed by atoms with Gasteiger partial charge in [-0.2, -0.15) is 0 Å². The quantitative estimate of drug-likeness (QED) is 0.874. The van der Waals surface area contributed by atoms with E-state index in [0.29, 0.717) is 0 Å². The maximum Gasteiger partial charge on any atom is 0.113 e. The SMILES string of the molecule is CCn1ccnc1Cc1cc(CNC)ccc1C. The molecule has 0 aliphatic rings. The predicted octanol–water partition coefficient (Wildman–Crippen LogP) is 2.52. The van der Waals surface area contributed by atoms with Crippen molar-refractivity contribution < 1.29 is 0 Å². The van der Waals surface area contributed by atoms with Gasteiger partial charge in [0.25, 0.3) is 0 Å². The molecule has 1 heterocycles. The second kappa shape index (κ2) is 5.83. The Balaban J connectivity index is 2.25. The predicted molar refractivity (Wildman–Crippen MR) is 74.6 cm³/mol. The van der Waals surface area contributed by atoms with Crippen LogP contribution in [0.3, 0.4) is 0 Å². The molecule has 0 saturated carbocycles. The minimum absolute atomic E-state index is 0.907. The minimum atomic E-state index is 0.907. The molecule has 2 aromatic rings. The van der Waals surface area contributed by atoms with Crippen LogP contribution in [-0.4, -0.2) is 16.6 Å². The van der Waals surface area contributed by atoms with E-state index in [1.165, 1.54) is 16.7 Å². The molecule has 0 atom stereocenters. The maximum absolute atomic E-state index is 4.45. The molecule has 3 heteroatoms. The lowest BCUT2D eigenvalue weighted by Gasteiger charge is -2.10. The molecule has 0 unspecified atom stereocenters. The molecule has 1 aromatic heterocycles. The lowest BCUT2D eigenvalue weighted by molar-refractivity contribution is 0.711. The Kier molecular flexibility index (Phi) is 4.15. The van der Waals surface area contributed by atoms with Gasteiger partial charge in [0.15, 0.2) is 0 Å². The molecule has 3 nitrogen and oxygen atoms in total. The molecular weight excluding hydrogens is 222 g/mol. The first-order valence-corrected chi connectivity index (χ1v) is 6.47. The van der Waals surface area contributed by atoms with E-state index in [-0.39, 0.29) is 0 Å². The third-order valence-electron chi connectivity index (χ3n) is 3.29. The van der Waals surface area contributed by atoms with Gasteiger partial charge in [-0.25, -0.2) is 4.98 Å². The highest BCUT2D eigenvalue weighted by atomic mass is 15.0. The van der Waals surface area contributed by atoms with Gasteiger partial charge in [0.2, 0.25) is 0 Å². The van der Waals surface area contributed by atoms with Gasteiger partial charge in [-0.05, 0) is 37.6 Å². The highest BCUT2D eigenvalue weighted by Gasteiger charge is 2.06. The lowest BCUT2D eigenvalue weighted by Crippen LogP contribution is -2.07. The smallest absolute Gasteiger partial charge is 0.113 e. The summed E-state index contributed by atoms with van der Waals surface area (Å²) in [6.45, 7) is 6.20. The third-order valence-corrected chi connectivity index (χ3v) is 3.29. The molecule has 96 valence electrons. The summed E-state index contributed by atoms with van der Waals surface area (Å²) in [5.41, 5.74) is 4.02. The summed E-state index contributed by atoms with van der Waals surface area (Å²) in [6, 6.07) is 6.66. The van der Waals surface area contributed by atoms with E-state index in [9.17, 15) is 0 Å². The molecule has 0 aliphatic carbocycles. The fraction of sp³-hybridized carbons (Fsp3) is 0.400. The van der Waals surface area contributed by atoms with Crippen LogP contribution >= 0.6 is 0 Å². The molecule has 1 N–H and O–H groups in total. The summed E-state index contributed by atoms with van der Waals surface area (Å²) >= 11 is 0.